The first-order valence-corrected chi connectivity index (χ1v) is 4.93. The SMILES string of the molecule is CC(C)Cc1cc(F)c(Br)cc1F. The molecular formula is C10H11BrF2. The molecular weight excluding hydrogens is 238 g/mol. The molecule has 0 amide bonds. The van der Waals surface area contributed by atoms with Crippen molar-refractivity contribution in [1.29, 1.82) is 0 Å². The Bertz CT molecular complexity index is 308. The number of benzene rings is 1. The van der Waals surface area contributed by atoms with Gasteiger partial charge in [0, 0.05) is 0 Å². The maximum atomic E-state index is 13.2. The molecule has 1 aromatic rings. The second-order valence-electron chi connectivity index (χ2n) is 3.46. The molecule has 72 valence electrons. The zero-order valence-electron chi connectivity index (χ0n) is 7.57. The highest BCUT2D eigenvalue weighted by atomic mass is 79.9. The summed E-state index contributed by atoms with van der Waals surface area (Å²) in [6.45, 7) is 3.94. The van der Waals surface area contributed by atoms with Crippen LogP contribution in [-0.4, -0.2) is 0 Å². The molecule has 0 radical (unpaired) electrons. The molecule has 0 unspecified atom stereocenters. The summed E-state index contributed by atoms with van der Waals surface area (Å²) in [5.41, 5.74) is 0.440. The van der Waals surface area contributed by atoms with Crippen LogP contribution in [0.2, 0.25) is 0 Å². The molecule has 3 heteroatoms. The molecule has 1 rings (SSSR count). The predicted molar refractivity (Wildman–Crippen MR) is 52.6 cm³/mol. The molecule has 13 heavy (non-hydrogen) atoms. The van der Waals surface area contributed by atoms with Gasteiger partial charge in [0.05, 0.1) is 4.47 Å². The van der Waals surface area contributed by atoms with Crippen molar-refractivity contribution in [2.24, 2.45) is 5.92 Å². The van der Waals surface area contributed by atoms with Gasteiger partial charge in [-0.05, 0) is 46.0 Å². The van der Waals surface area contributed by atoms with Crippen LogP contribution in [0.5, 0.6) is 0 Å². The predicted octanol–water partition coefficient (Wildman–Crippen LogP) is 3.93. The third kappa shape index (κ3) is 2.76. The highest BCUT2D eigenvalue weighted by molar-refractivity contribution is 9.10. The first kappa shape index (κ1) is 10.6. The standard InChI is InChI=1S/C10H11BrF2/c1-6(2)3-7-4-10(13)8(11)5-9(7)12/h4-6H,3H2,1-2H3. The minimum atomic E-state index is -0.406. The fraction of sp³-hybridized carbons (Fsp3) is 0.400. The van der Waals surface area contributed by atoms with Crippen molar-refractivity contribution < 1.29 is 8.78 Å². The van der Waals surface area contributed by atoms with E-state index < -0.39 is 5.82 Å². The molecule has 0 spiro atoms. The molecule has 0 aliphatic carbocycles. The molecule has 1 aromatic carbocycles. The molecule has 0 fully saturated rings. The van der Waals surface area contributed by atoms with Gasteiger partial charge in [-0.1, -0.05) is 13.8 Å². The van der Waals surface area contributed by atoms with Crippen molar-refractivity contribution in [1.82, 2.24) is 0 Å². The molecule has 0 aliphatic heterocycles. The lowest BCUT2D eigenvalue weighted by Gasteiger charge is -2.07. The zero-order chi connectivity index (χ0) is 10.0. The van der Waals surface area contributed by atoms with E-state index in [2.05, 4.69) is 15.9 Å². The molecule has 0 N–H and O–H groups in total. The summed E-state index contributed by atoms with van der Waals surface area (Å²) in [5, 5.41) is 0. The summed E-state index contributed by atoms with van der Waals surface area (Å²) in [5.74, 6) is -0.422. The van der Waals surface area contributed by atoms with Gasteiger partial charge in [-0.25, -0.2) is 8.78 Å². The first-order valence-electron chi connectivity index (χ1n) is 4.14. The second-order valence-corrected chi connectivity index (χ2v) is 4.31. The van der Waals surface area contributed by atoms with Crippen LogP contribution in [0.3, 0.4) is 0 Å². The maximum absolute atomic E-state index is 13.2. The minimum absolute atomic E-state index is 0.178. The van der Waals surface area contributed by atoms with Gasteiger partial charge in [-0.2, -0.15) is 0 Å². The van der Waals surface area contributed by atoms with Crippen molar-refractivity contribution >= 4 is 15.9 Å². The second kappa shape index (κ2) is 4.18. The van der Waals surface area contributed by atoms with Gasteiger partial charge in [0.2, 0.25) is 0 Å². The summed E-state index contributed by atoms with van der Waals surface area (Å²) in [7, 11) is 0. The van der Waals surface area contributed by atoms with E-state index in [1.807, 2.05) is 13.8 Å². The normalized spacial score (nSPS) is 10.9. The summed E-state index contributed by atoms with van der Waals surface area (Å²) in [6, 6.07) is 2.42. The topological polar surface area (TPSA) is 0 Å². The number of hydrogen-bond donors (Lipinski definition) is 0. The molecule has 0 aromatic heterocycles. The summed E-state index contributed by atoms with van der Waals surface area (Å²) in [4.78, 5) is 0. The van der Waals surface area contributed by atoms with E-state index in [4.69, 9.17) is 0 Å². The summed E-state index contributed by atoms with van der Waals surface area (Å²) < 4.78 is 26.4. The largest absolute Gasteiger partial charge is 0.207 e. The van der Waals surface area contributed by atoms with Gasteiger partial charge in [0.15, 0.2) is 0 Å². The fourth-order valence-corrected chi connectivity index (χ4v) is 1.48. The van der Waals surface area contributed by atoms with E-state index in [0.717, 1.165) is 0 Å². The van der Waals surface area contributed by atoms with Gasteiger partial charge in [-0.3, -0.25) is 0 Å². The minimum Gasteiger partial charge on any atom is -0.207 e. The molecule has 0 nitrogen and oxygen atoms in total. The Morgan fingerprint density at radius 2 is 1.85 bits per heavy atom. The van der Waals surface area contributed by atoms with Gasteiger partial charge in [-0.15, -0.1) is 0 Å². The molecule has 0 saturated heterocycles. The lowest BCUT2D eigenvalue weighted by molar-refractivity contribution is 0.555. The monoisotopic (exact) mass is 248 g/mol. The zero-order valence-corrected chi connectivity index (χ0v) is 9.16. The van der Waals surface area contributed by atoms with E-state index in [1.54, 1.807) is 0 Å². The van der Waals surface area contributed by atoms with Crippen molar-refractivity contribution in [2.45, 2.75) is 20.3 Å². The average Bonchev–Trinajstić information content (AvgIpc) is 1.99. The number of hydrogen-bond acceptors (Lipinski definition) is 0. The number of halogens is 3. The van der Waals surface area contributed by atoms with Gasteiger partial charge in [0.1, 0.15) is 11.6 Å². The van der Waals surface area contributed by atoms with Crippen molar-refractivity contribution in [3.05, 3.63) is 33.8 Å². The molecule has 0 heterocycles. The Morgan fingerprint density at radius 1 is 1.23 bits per heavy atom. The number of rotatable bonds is 2. The summed E-state index contributed by atoms with van der Waals surface area (Å²) >= 11 is 2.93. The Morgan fingerprint density at radius 3 is 2.38 bits per heavy atom. The molecule has 0 bridgehead atoms. The van der Waals surface area contributed by atoms with E-state index in [0.29, 0.717) is 17.9 Å². The molecule has 0 atom stereocenters. The van der Waals surface area contributed by atoms with Crippen LogP contribution >= 0.6 is 15.9 Å². The summed E-state index contributed by atoms with van der Waals surface area (Å²) in [6.07, 6.45) is 0.566. The highest BCUT2D eigenvalue weighted by Crippen LogP contribution is 2.21. The van der Waals surface area contributed by atoms with Crippen LogP contribution < -0.4 is 0 Å². The fourth-order valence-electron chi connectivity index (χ4n) is 1.16. The quantitative estimate of drug-likeness (QED) is 0.696. The van der Waals surface area contributed by atoms with Crippen molar-refractivity contribution in [3.8, 4) is 0 Å². The van der Waals surface area contributed by atoms with E-state index >= 15 is 0 Å². The van der Waals surface area contributed by atoms with Gasteiger partial charge >= 0.3 is 0 Å². The first-order chi connectivity index (χ1) is 6.00. The van der Waals surface area contributed by atoms with Crippen LogP contribution in [0.4, 0.5) is 8.78 Å². The van der Waals surface area contributed by atoms with Crippen molar-refractivity contribution in [3.63, 3.8) is 0 Å². The van der Waals surface area contributed by atoms with E-state index in [1.165, 1.54) is 12.1 Å². The van der Waals surface area contributed by atoms with E-state index in [-0.39, 0.29) is 10.3 Å². The lowest BCUT2D eigenvalue weighted by Crippen LogP contribution is -1.98. The van der Waals surface area contributed by atoms with Crippen LogP contribution in [-0.2, 0) is 6.42 Å². The molecule has 0 aliphatic rings. The molecule has 0 saturated carbocycles. The third-order valence-electron chi connectivity index (χ3n) is 1.72. The van der Waals surface area contributed by atoms with Crippen LogP contribution in [0, 0.1) is 17.6 Å². The van der Waals surface area contributed by atoms with E-state index in [9.17, 15) is 8.78 Å². The highest BCUT2D eigenvalue weighted by Gasteiger charge is 2.09. The van der Waals surface area contributed by atoms with Crippen LogP contribution in [0.25, 0.3) is 0 Å². The maximum Gasteiger partial charge on any atom is 0.137 e. The Hall–Kier alpha value is -0.440. The van der Waals surface area contributed by atoms with Crippen molar-refractivity contribution in [2.75, 3.05) is 0 Å². The van der Waals surface area contributed by atoms with Gasteiger partial charge < -0.3 is 0 Å². The van der Waals surface area contributed by atoms with Crippen LogP contribution in [0.15, 0.2) is 16.6 Å². The third-order valence-corrected chi connectivity index (χ3v) is 2.33. The Labute approximate surface area is 85.1 Å². The Balaban J connectivity index is 3.01. The smallest absolute Gasteiger partial charge is 0.137 e. The average molecular weight is 249 g/mol. The van der Waals surface area contributed by atoms with Gasteiger partial charge in [0.25, 0.3) is 0 Å². The Kier molecular flexibility index (Phi) is 3.42. The lowest BCUT2D eigenvalue weighted by atomic mass is 10.0. The van der Waals surface area contributed by atoms with Crippen LogP contribution in [0.1, 0.15) is 19.4 Å².